The summed E-state index contributed by atoms with van der Waals surface area (Å²) in [7, 11) is 0. The van der Waals surface area contributed by atoms with Crippen LogP contribution in [-0.4, -0.2) is 73.3 Å². The third-order valence-corrected chi connectivity index (χ3v) is 5.22. The van der Waals surface area contributed by atoms with Gasteiger partial charge < -0.3 is 19.6 Å². The van der Waals surface area contributed by atoms with Crippen molar-refractivity contribution in [1.29, 1.82) is 0 Å². The molecule has 2 atom stereocenters. The number of carbonyl (C=O) groups excluding carboxylic acids is 3. The molecule has 0 saturated carbocycles. The molecule has 29 heavy (non-hydrogen) atoms. The number of carbonyl (C=O) groups is 3. The number of halogens is 1. The van der Waals surface area contributed by atoms with E-state index in [-0.39, 0.29) is 18.1 Å². The van der Waals surface area contributed by atoms with Crippen molar-refractivity contribution in [2.24, 2.45) is 11.1 Å². The summed E-state index contributed by atoms with van der Waals surface area (Å²) in [4.78, 5) is 50.0. The molecule has 3 amide bonds. The van der Waals surface area contributed by atoms with Gasteiger partial charge >= 0.3 is 6.09 Å². The number of amides is 3. The maximum atomic E-state index is 14.7. The van der Waals surface area contributed by atoms with Gasteiger partial charge in [-0.3, -0.25) is 14.5 Å². The number of aliphatic hydroxyl groups is 1. The van der Waals surface area contributed by atoms with E-state index < -0.39 is 36.4 Å². The SMILES string of the molecule is C[C@H](C(=O)N=O)C1CN(c2ccc(N3CCN(C(=O)CO)CC3)c(F)c2)C(=O)O1. The van der Waals surface area contributed by atoms with Crippen LogP contribution in [0.4, 0.5) is 20.6 Å². The number of cyclic esters (lactones) is 1. The molecule has 10 nitrogen and oxygen atoms in total. The second kappa shape index (κ2) is 8.52. The van der Waals surface area contributed by atoms with Gasteiger partial charge in [0.25, 0.3) is 5.91 Å². The van der Waals surface area contributed by atoms with Gasteiger partial charge in [0, 0.05) is 31.4 Å². The average Bonchev–Trinajstić information content (AvgIpc) is 3.13. The van der Waals surface area contributed by atoms with E-state index in [0.717, 1.165) is 0 Å². The van der Waals surface area contributed by atoms with Crippen molar-refractivity contribution < 1.29 is 28.6 Å². The summed E-state index contributed by atoms with van der Waals surface area (Å²) in [6, 6.07) is 4.31. The van der Waals surface area contributed by atoms with Crippen molar-refractivity contribution in [1.82, 2.24) is 4.90 Å². The number of hydrogen-bond acceptors (Lipinski definition) is 7. The van der Waals surface area contributed by atoms with Crippen molar-refractivity contribution >= 4 is 29.3 Å². The third kappa shape index (κ3) is 4.19. The number of piperazine rings is 1. The Bertz CT molecular complexity index is 827. The number of benzene rings is 1. The van der Waals surface area contributed by atoms with Crippen LogP contribution in [0.3, 0.4) is 0 Å². The first-order valence-electron chi connectivity index (χ1n) is 9.14. The maximum Gasteiger partial charge on any atom is 0.414 e. The average molecular weight is 408 g/mol. The van der Waals surface area contributed by atoms with Crippen LogP contribution < -0.4 is 9.80 Å². The lowest BCUT2D eigenvalue weighted by atomic mass is 10.0. The Morgan fingerprint density at radius 1 is 1.31 bits per heavy atom. The second-order valence-corrected chi connectivity index (χ2v) is 6.91. The largest absolute Gasteiger partial charge is 0.443 e. The minimum atomic E-state index is -0.912. The molecule has 0 aliphatic carbocycles. The van der Waals surface area contributed by atoms with Crippen LogP contribution in [0, 0.1) is 16.6 Å². The molecule has 0 radical (unpaired) electrons. The molecule has 0 spiro atoms. The first kappa shape index (κ1) is 20.6. The lowest BCUT2D eigenvalue weighted by molar-refractivity contribution is -0.134. The molecule has 0 bridgehead atoms. The van der Waals surface area contributed by atoms with Crippen molar-refractivity contribution in [3.63, 3.8) is 0 Å². The number of rotatable bonds is 5. The molecule has 1 aromatic rings. The van der Waals surface area contributed by atoms with Gasteiger partial charge in [-0.1, -0.05) is 0 Å². The Labute approximate surface area is 165 Å². The highest BCUT2D eigenvalue weighted by atomic mass is 19.1. The fourth-order valence-electron chi connectivity index (χ4n) is 3.41. The zero-order valence-electron chi connectivity index (χ0n) is 15.8. The first-order chi connectivity index (χ1) is 13.8. The highest BCUT2D eigenvalue weighted by Gasteiger charge is 2.39. The Kier molecular flexibility index (Phi) is 6.06. The van der Waals surface area contributed by atoms with E-state index in [1.807, 2.05) is 0 Å². The summed E-state index contributed by atoms with van der Waals surface area (Å²) >= 11 is 0. The minimum Gasteiger partial charge on any atom is -0.443 e. The Morgan fingerprint density at radius 2 is 2.00 bits per heavy atom. The summed E-state index contributed by atoms with van der Waals surface area (Å²) in [5.41, 5.74) is 0.606. The second-order valence-electron chi connectivity index (χ2n) is 6.91. The molecule has 2 aliphatic heterocycles. The summed E-state index contributed by atoms with van der Waals surface area (Å²) in [5, 5.41) is 11.3. The number of hydrogen-bond donors (Lipinski definition) is 1. The summed E-state index contributed by atoms with van der Waals surface area (Å²) in [6.45, 7) is 2.46. The van der Waals surface area contributed by atoms with E-state index in [1.165, 1.54) is 28.9 Å². The summed E-state index contributed by atoms with van der Waals surface area (Å²) < 4.78 is 19.8. The van der Waals surface area contributed by atoms with Crippen LogP contribution in [0.25, 0.3) is 0 Å². The van der Waals surface area contributed by atoms with Crippen LogP contribution in [0.1, 0.15) is 6.92 Å². The molecular weight excluding hydrogens is 387 g/mol. The summed E-state index contributed by atoms with van der Waals surface area (Å²) in [5.74, 6) is -2.70. The van der Waals surface area contributed by atoms with E-state index in [2.05, 4.69) is 5.18 Å². The predicted molar refractivity (Wildman–Crippen MR) is 99.9 cm³/mol. The van der Waals surface area contributed by atoms with Crippen molar-refractivity contribution in [3.05, 3.63) is 28.9 Å². The monoisotopic (exact) mass is 408 g/mol. The number of nitroso groups, excluding NO2 is 1. The molecule has 2 aliphatic rings. The van der Waals surface area contributed by atoms with E-state index in [4.69, 9.17) is 9.84 Å². The quantitative estimate of drug-likeness (QED) is 0.713. The van der Waals surface area contributed by atoms with Gasteiger partial charge in [0.05, 0.1) is 23.8 Å². The molecule has 0 aromatic heterocycles. The maximum absolute atomic E-state index is 14.7. The number of nitrogens with zero attached hydrogens (tertiary/aromatic N) is 4. The van der Waals surface area contributed by atoms with E-state index in [1.54, 1.807) is 11.0 Å². The fraction of sp³-hybridized carbons (Fsp3) is 0.500. The minimum absolute atomic E-state index is 0.00198. The lowest BCUT2D eigenvalue weighted by Gasteiger charge is -2.36. The highest BCUT2D eigenvalue weighted by Crippen LogP contribution is 2.30. The van der Waals surface area contributed by atoms with Crippen molar-refractivity contribution in [2.45, 2.75) is 13.0 Å². The molecule has 2 saturated heterocycles. The summed E-state index contributed by atoms with van der Waals surface area (Å²) in [6.07, 6.45) is -1.57. The Hall–Kier alpha value is -3.08. The van der Waals surface area contributed by atoms with E-state index in [9.17, 15) is 23.7 Å². The van der Waals surface area contributed by atoms with Crippen LogP contribution in [0.5, 0.6) is 0 Å². The zero-order valence-corrected chi connectivity index (χ0v) is 15.8. The molecule has 1 unspecified atom stereocenters. The van der Waals surface area contributed by atoms with Crippen molar-refractivity contribution in [2.75, 3.05) is 49.1 Å². The first-order valence-corrected chi connectivity index (χ1v) is 9.14. The Balaban J connectivity index is 1.69. The number of anilines is 2. The zero-order chi connectivity index (χ0) is 21.1. The standard InChI is InChI=1S/C18H21FN4O6/c1-11(17(26)20-28)15-9-23(18(27)29-15)12-2-3-14(13(19)8-12)21-4-6-22(7-5-21)16(25)10-24/h2-3,8,11,15,24H,4-7,9-10H2,1H3/t11-,15?/m0/s1. The molecule has 1 N–H and O–H groups in total. The van der Waals surface area contributed by atoms with Gasteiger partial charge in [0.15, 0.2) is 0 Å². The van der Waals surface area contributed by atoms with Gasteiger partial charge in [-0.15, -0.1) is 4.91 Å². The topological polar surface area (TPSA) is 120 Å². The smallest absolute Gasteiger partial charge is 0.414 e. The molecule has 11 heteroatoms. The van der Waals surface area contributed by atoms with Gasteiger partial charge in [0.1, 0.15) is 18.5 Å². The predicted octanol–water partition coefficient (Wildman–Crippen LogP) is 0.721. The van der Waals surface area contributed by atoms with Crippen molar-refractivity contribution in [3.8, 4) is 0 Å². The van der Waals surface area contributed by atoms with E-state index >= 15 is 0 Å². The molecule has 2 heterocycles. The van der Waals surface area contributed by atoms with Crippen LogP contribution in [-0.2, 0) is 14.3 Å². The van der Waals surface area contributed by atoms with Crippen LogP contribution in [0.15, 0.2) is 23.4 Å². The van der Waals surface area contributed by atoms with Gasteiger partial charge in [-0.25, -0.2) is 9.18 Å². The molecule has 1 aromatic carbocycles. The molecule has 2 fully saturated rings. The van der Waals surface area contributed by atoms with Gasteiger partial charge in [-0.05, 0) is 25.1 Å². The molecular formula is C18H21FN4O6. The third-order valence-electron chi connectivity index (χ3n) is 5.22. The van der Waals surface area contributed by atoms with Crippen LogP contribution >= 0.6 is 0 Å². The van der Waals surface area contributed by atoms with Gasteiger partial charge in [-0.2, -0.15) is 0 Å². The normalized spacial score (nSPS) is 20.4. The number of aliphatic hydroxyl groups excluding tert-OH is 1. The molecule has 156 valence electrons. The lowest BCUT2D eigenvalue weighted by Crippen LogP contribution is -2.49. The Morgan fingerprint density at radius 3 is 2.59 bits per heavy atom. The highest BCUT2D eigenvalue weighted by molar-refractivity contribution is 5.91. The van der Waals surface area contributed by atoms with Gasteiger partial charge in [0.2, 0.25) is 5.91 Å². The fourth-order valence-corrected chi connectivity index (χ4v) is 3.41. The molecule has 3 rings (SSSR count). The van der Waals surface area contributed by atoms with E-state index in [0.29, 0.717) is 31.9 Å². The van der Waals surface area contributed by atoms with Crippen LogP contribution in [0.2, 0.25) is 0 Å². The number of ether oxygens (including phenoxy) is 1.